The second-order valence-corrected chi connectivity index (χ2v) is 5.83. The van der Waals surface area contributed by atoms with E-state index in [4.69, 9.17) is 4.74 Å². The van der Waals surface area contributed by atoms with Gasteiger partial charge in [0.1, 0.15) is 12.4 Å². The van der Waals surface area contributed by atoms with Gasteiger partial charge in [-0.2, -0.15) is 0 Å². The first-order valence-electron chi connectivity index (χ1n) is 8.21. The third kappa shape index (κ3) is 6.91. The zero-order chi connectivity index (χ0) is 19.0. The van der Waals surface area contributed by atoms with Gasteiger partial charge in [-0.25, -0.2) is 4.79 Å². The third-order valence-electron chi connectivity index (χ3n) is 3.88. The first-order chi connectivity index (χ1) is 12.4. The number of alkyl halides is 3. The van der Waals surface area contributed by atoms with Crippen LogP contribution >= 0.6 is 0 Å². The van der Waals surface area contributed by atoms with Crippen molar-refractivity contribution in [1.29, 1.82) is 0 Å². The van der Waals surface area contributed by atoms with E-state index < -0.39 is 12.5 Å². The molecule has 1 amide bonds. The molecule has 143 valence electrons. The van der Waals surface area contributed by atoms with Gasteiger partial charge in [-0.05, 0) is 30.7 Å². The molecular formula is C17H20F3N2O4. The van der Waals surface area contributed by atoms with Crippen LogP contribution in [-0.2, 0) is 16.1 Å². The Kier molecular flexibility index (Phi) is 7.26. The van der Waals surface area contributed by atoms with Crippen molar-refractivity contribution in [2.75, 3.05) is 32.7 Å². The standard InChI is InChI=1S/C17H20F3N2O4/c18-17(19,20)26-15-5-3-4-14(12-15)13-25-16(24)22-9-7-21(8-10-22)6-1-2-11-23/h3-5,12H,1-2,6-10,13H2. The molecule has 1 aliphatic heterocycles. The molecule has 2 rings (SSSR count). The summed E-state index contributed by atoms with van der Waals surface area (Å²) in [6, 6.07) is 5.32. The second kappa shape index (κ2) is 9.42. The summed E-state index contributed by atoms with van der Waals surface area (Å²) < 4.78 is 45.7. The highest BCUT2D eigenvalue weighted by atomic mass is 19.4. The van der Waals surface area contributed by atoms with E-state index in [9.17, 15) is 22.8 Å². The van der Waals surface area contributed by atoms with Crippen molar-refractivity contribution in [3.63, 3.8) is 0 Å². The summed E-state index contributed by atoms with van der Waals surface area (Å²) in [6.07, 6.45) is -2.28. The monoisotopic (exact) mass is 373 g/mol. The first kappa shape index (κ1) is 20.0. The highest BCUT2D eigenvalue weighted by Gasteiger charge is 2.31. The number of nitrogens with zero attached hydrogens (tertiary/aromatic N) is 2. The number of amides is 1. The maximum absolute atomic E-state index is 12.2. The van der Waals surface area contributed by atoms with E-state index in [-0.39, 0.29) is 12.4 Å². The molecule has 0 spiro atoms. The first-order valence-corrected chi connectivity index (χ1v) is 8.21. The highest BCUT2D eigenvalue weighted by molar-refractivity contribution is 5.67. The summed E-state index contributed by atoms with van der Waals surface area (Å²) in [5.41, 5.74) is 0.406. The normalized spacial score (nSPS) is 15.6. The van der Waals surface area contributed by atoms with E-state index in [0.717, 1.165) is 13.0 Å². The van der Waals surface area contributed by atoms with Gasteiger partial charge in [-0.3, -0.25) is 9.69 Å². The average molecular weight is 373 g/mol. The average Bonchev–Trinajstić information content (AvgIpc) is 2.59. The maximum Gasteiger partial charge on any atom is 0.573 e. The number of rotatable bonds is 7. The predicted octanol–water partition coefficient (Wildman–Crippen LogP) is 2.73. The molecule has 1 fully saturated rings. The number of hydrogen-bond donors (Lipinski definition) is 0. The van der Waals surface area contributed by atoms with Gasteiger partial charge in [0.25, 0.3) is 0 Å². The molecule has 0 N–H and O–H groups in total. The minimum atomic E-state index is -4.77. The molecule has 6 nitrogen and oxygen atoms in total. The summed E-state index contributed by atoms with van der Waals surface area (Å²) in [5.74, 6) is -0.354. The van der Waals surface area contributed by atoms with Gasteiger partial charge in [-0.1, -0.05) is 12.1 Å². The van der Waals surface area contributed by atoms with E-state index in [1.54, 1.807) is 11.0 Å². The Morgan fingerprint density at radius 2 is 1.92 bits per heavy atom. The van der Waals surface area contributed by atoms with Crippen LogP contribution < -0.4 is 4.74 Å². The molecule has 0 saturated carbocycles. The van der Waals surface area contributed by atoms with Crippen molar-refractivity contribution >= 4 is 12.4 Å². The fourth-order valence-corrected chi connectivity index (χ4v) is 2.60. The summed E-state index contributed by atoms with van der Waals surface area (Å²) in [5, 5.41) is 0. The van der Waals surface area contributed by atoms with Crippen molar-refractivity contribution < 1.29 is 32.2 Å². The van der Waals surface area contributed by atoms with E-state index in [0.29, 0.717) is 38.2 Å². The number of benzene rings is 1. The molecule has 26 heavy (non-hydrogen) atoms. The Morgan fingerprint density at radius 1 is 1.19 bits per heavy atom. The minimum Gasteiger partial charge on any atom is -0.445 e. The van der Waals surface area contributed by atoms with Crippen LogP contribution in [0, 0.1) is 0 Å². The fraction of sp³-hybridized carbons (Fsp3) is 0.529. The molecule has 1 saturated heterocycles. The zero-order valence-electron chi connectivity index (χ0n) is 14.1. The van der Waals surface area contributed by atoms with E-state index in [1.807, 2.05) is 6.29 Å². The number of hydrogen-bond acceptors (Lipinski definition) is 5. The predicted molar refractivity (Wildman–Crippen MR) is 86.3 cm³/mol. The molecule has 1 radical (unpaired) electrons. The molecule has 0 unspecified atom stereocenters. The second-order valence-electron chi connectivity index (χ2n) is 5.83. The summed E-state index contributed by atoms with van der Waals surface area (Å²) >= 11 is 0. The van der Waals surface area contributed by atoms with E-state index in [1.165, 1.54) is 18.2 Å². The lowest BCUT2D eigenvalue weighted by molar-refractivity contribution is -0.274. The molecule has 1 aromatic rings. The number of piperazine rings is 1. The zero-order valence-corrected chi connectivity index (χ0v) is 14.1. The van der Waals surface area contributed by atoms with Crippen molar-refractivity contribution in [1.82, 2.24) is 9.80 Å². The van der Waals surface area contributed by atoms with Gasteiger partial charge in [0, 0.05) is 32.6 Å². The number of ether oxygens (including phenoxy) is 2. The van der Waals surface area contributed by atoms with Gasteiger partial charge in [-0.15, -0.1) is 13.2 Å². The Balaban J connectivity index is 1.75. The molecule has 0 bridgehead atoms. The van der Waals surface area contributed by atoms with Crippen LogP contribution in [0.5, 0.6) is 5.75 Å². The number of unbranched alkanes of at least 4 members (excludes halogenated alkanes) is 1. The molecule has 0 atom stereocenters. The quantitative estimate of drug-likeness (QED) is 0.688. The molecule has 1 aliphatic rings. The number of carbonyl (C=O) groups is 1. The lowest BCUT2D eigenvalue weighted by atomic mass is 10.2. The number of halogens is 3. The molecular weight excluding hydrogens is 353 g/mol. The minimum absolute atomic E-state index is 0.136. The van der Waals surface area contributed by atoms with Gasteiger partial charge in [0.15, 0.2) is 6.29 Å². The Bertz CT molecular complexity index is 602. The van der Waals surface area contributed by atoms with Crippen molar-refractivity contribution in [3.8, 4) is 5.75 Å². The van der Waals surface area contributed by atoms with Crippen LogP contribution in [0.15, 0.2) is 24.3 Å². The molecule has 1 aromatic carbocycles. The van der Waals surface area contributed by atoms with Crippen LogP contribution in [0.4, 0.5) is 18.0 Å². The molecule has 0 aliphatic carbocycles. The smallest absolute Gasteiger partial charge is 0.445 e. The largest absolute Gasteiger partial charge is 0.573 e. The van der Waals surface area contributed by atoms with Crippen LogP contribution in [0.25, 0.3) is 0 Å². The van der Waals surface area contributed by atoms with Crippen LogP contribution in [-0.4, -0.2) is 61.3 Å². The van der Waals surface area contributed by atoms with E-state index >= 15 is 0 Å². The summed E-state index contributed by atoms with van der Waals surface area (Å²) in [4.78, 5) is 26.0. The Labute approximate surface area is 149 Å². The van der Waals surface area contributed by atoms with Crippen LogP contribution in [0.3, 0.4) is 0 Å². The molecule has 1 heterocycles. The summed E-state index contributed by atoms with van der Waals surface area (Å²) in [6.45, 7) is 3.01. The Morgan fingerprint density at radius 3 is 2.58 bits per heavy atom. The van der Waals surface area contributed by atoms with Crippen molar-refractivity contribution in [2.24, 2.45) is 0 Å². The SMILES string of the molecule is O=[C]CCCN1CCN(C(=O)OCc2cccc(OC(F)(F)F)c2)CC1. The van der Waals surface area contributed by atoms with Gasteiger partial charge >= 0.3 is 12.5 Å². The van der Waals surface area contributed by atoms with Gasteiger partial charge < -0.3 is 14.4 Å². The lowest BCUT2D eigenvalue weighted by Crippen LogP contribution is -2.48. The van der Waals surface area contributed by atoms with Crippen molar-refractivity contribution in [2.45, 2.75) is 25.8 Å². The van der Waals surface area contributed by atoms with Gasteiger partial charge in [0.2, 0.25) is 0 Å². The third-order valence-corrected chi connectivity index (χ3v) is 3.88. The topological polar surface area (TPSA) is 59.1 Å². The van der Waals surface area contributed by atoms with Crippen LogP contribution in [0.1, 0.15) is 18.4 Å². The van der Waals surface area contributed by atoms with Crippen molar-refractivity contribution in [3.05, 3.63) is 29.8 Å². The molecule has 9 heteroatoms. The highest BCUT2D eigenvalue weighted by Crippen LogP contribution is 2.23. The Hall–Kier alpha value is -2.29. The van der Waals surface area contributed by atoms with Crippen LogP contribution in [0.2, 0.25) is 0 Å². The lowest BCUT2D eigenvalue weighted by Gasteiger charge is -2.33. The summed E-state index contributed by atoms with van der Waals surface area (Å²) in [7, 11) is 0. The fourth-order valence-electron chi connectivity index (χ4n) is 2.60. The maximum atomic E-state index is 12.2. The van der Waals surface area contributed by atoms with Gasteiger partial charge in [0.05, 0.1) is 0 Å². The molecule has 0 aromatic heterocycles. The number of carbonyl (C=O) groups excluding carboxylic acids is 2. The van der Waals surface area contributed by atoms with E-state index in [2.05, 4.69) is 9.64 Å².